The summed E-state index contributed by atoms with van der Waals surface area (Å²) in [7, 11) is 0. The first-order valence-electron chi connectivity index (χ1n) is 8.44. The van der Waals surface area contributed by atoms with Gasteiger partial charge in [0.15, 0.2) is 5.82 Å². The number of amides is 1. The van der Waals surface area contributed by atoms with Gasteiger partial charge in [0.2, 0.25) is 4.96 Å². The Morgan fingerprint density at radius 2 is 1.88 bits per heavy atom. The lowest BCUT2D eigenvalue weighted by Gasteiger charge is -2.04. The Balaban J connectivity index is 1.45. The largest absolute Gasteiger partial charge is 0.352 e. The van der Waals surface area contributed by atoms with Gasteiger partial charge in [-0.2, -0.15) is 4.98 Å². The number of nitrogens with one attached hydrogen (secondary N) is 1. The zero-order valence-electron chi connectivity index (χ0n) is 14.3. The standard InChI is InChI=1S/C20H18N4OS/c1-14-7-9-15(10-8-14)18-22-20-24(23-18)17(13-26-20)11-12-21-19(25)16-5-3-2-4-6-16/h2-10,13H,11-12H2,1H3,(H,21,25). The number of carbonyl (C=O) groups excluding carboxylic acids is 1. The molecular formula is C20H18N4OS. The molecule has 0 saturated heterocycles. The highest BCUT2D eigenvalue weighted by atomic mass is 32.1. The van der Waals surface area contributed by atoms with Crippen molar-refractivity contribution in [3.63, 3.8) is 0 Å². The predicted octanol–water partition coefficient (Wildman–Crippen LogP) is 3.74. The Kier molecular flexibility index (Phi) is 4.50. The van der Waals surface area contributed by atoms with Crippen molar-refractivity contribution in [1.82, 2.24) is 19.9 Å². The van der Waals surface area contributed by atoms with E-state index in [1.165, 1.54) is 5.56 Å². The predicted molar refractivity (Wildman–Crippen MR) is 104 cm³/mol. The van der Waals surface area contributed by atoms with Crippen molar-refractivity contribution in [3.8, 4) is 11.4 Å². The lowest BCUT2D eigenvalue weighted by molar-refractivity contribution is 0.0954. The molecular weight excluding hydrogens is 344 g/mol. The van der Waals surface area contributed by atoms with E-state index in [2.05, 4.69) is 34.5 Å². The van der Waals surface area contributed by atoms with Crippen LogP contribution < -0.4 is 5.32 Å². The summed E-state index contributed by atoms with van der Waals surface area (Å²) in [6.07, 6.45) is 0.704. The minimum atomic E-state index is -0.0593. The zero-order valence-corrected chi connectivity index (χ0v) is 15.2. The first kappa shape index (κ1) is 16.5. The van der Waals surface area contributed by atoms with Gasteiger partial charge in [0.05, 0.1) is 5.69 Å². The van der Waals surface area contributed by atoms with Gasteiger partial charge in [0.1, 0.15) is 0 Å². The molecule has 0 aliphatic rings. The van der Waals surface area contributed by atoms with Crippen LogP contribution in [0.15, 0.2) is 60.0 Å². The highest BCUT2D eigenvalue weighted by molar-refractivity contribution is 7.15. The number of carbonyl (C=O) groups is 1. The normalized spacial score (nSPS) is 11.0. The van der Waals surface area contributed by atoms with Crippen LogP contribution in [0.5, 0.6) is 0 Å². The van der Waals surface area contributed by atoms with Crippen LogP contribution in [0.25, 0.3) is 16.3 Å². The number of thiazole rings is 1. The fraction of sp³-hybridized carbons (Fsp3) is 0.150. The molecule has 0 aliphatic heterocycles. The third-order valence-corrected chi connectivity index (χ3v) is 5.03. The number of benzene rings is 2. The minimum Gasteiger partial charge on any atom is -0.352 e. The average molecular weight is 362 g/mol. The van der Waals surface area contributed by atoms with E-state index in [4.69, 9.17) is 0 Å². The number of aryl methyl sites for hydroxylation is 1. The van der Waals surface area contributed by atoms with Gasteiger partial charge in [0, 0.05) is 29.5 Å². The van der Waals surface area contributed by atoms with Crippen LogP contribution in [0.2, 0.25) is 0 Å². The lowest BCUT2D eigenvalue weighted by atomic mass is 10.1. The van der Waals surface area contributed by atoms with Crippen LogP contribution in [-0.4, -0.2) is 27.0 Å². The van der Waals surface area contributed by atoms with Crippen LogP contribution >= 0.6 is 11.3 Å². The first-order valence-corrected chi connectivity index (χ1v) is 9.32. The van der Waals surface area contributed by atoms with E-state index >= 15 is 0 Å². The fourth-order valence-corrected chi connectivity index (χ4v) is 3.57. The van der Waals surface area contributed by atoms with Gasteiger partial charge in [-0.25, -0.2) is 4.52 Å². The number of aromatic nitrogens is 3. The Labute approximate surface area is 155 Å². The molecule has 0 fully saturated rings. The Morgan fingerprint density at radius 1 is 1.12 bits per heavy atom. The topological polar surface area (TPSA) is 59.3 Å². The lowest BCUT2D eigenvalue weighted by Crippen LogP contribution is -2.25. The third-order valence-electron chi connectivity index (χ3n) is 4.16. The second-order valence-electron chi connectivity index (χ2n) is 6.09. The smallest absolute Gasteiger partial charge is 0.251 e. The highest BCUT2D eigenvalue weighted by Crippen LogP contribution is 2.21. The molecule has 0 saturated carbocycles. The molecule has 1 N–H and O–H groups in total. The van der Waals surface area contributed by atoms with E-state index < -0.39 is 0 Å². The summed E-state index contributed by atoms with van der Waals surface area (Å²) in [5.74, 6) is 0.669. The summed E-state index contributed by atoms with van der Waals surface area (Å²) in [6.45, 7) is 2.62. The Bertz CT molecular complexity index is 1030. The van der Waals surface area contributed by atoms with Crippen molar-refractivity contribution < 1.29 is 4.79 Å². The van der Waals surface area contributed by atoms with Gasteiger partial charge < -0.3 is 5.32 Å². The van der Waals surface area contributed by atoms with Crippen LogP contribution in [0.4, 0.5) is 0 Å². The molecule has 4 aromatic rings. The quantitative estimate of drug-likeness (QED) is 0.588. The number of hydrogen-bond acceptors (Lipinski definition) is 4. The van der Waals surface area contributed by atoms with Gasteiger partial charge in [-0.3, -0.25) is 4.79 Å². The molecule has 0 radical (unpaired) electrons. The van der Waals surface area contributed by atoms with Gasteiger partial charge in [0.25, 0.3) is 5.91 Å². The SMILES string of the molecule is Cc1ccc(-c2nc3scc(CCNC(=O)c4ccccc4)n3n2)cc1. The summed E-state index contributed by atoms with van der Waals surface area (Å²) < 4.78 is 1.87. The summed E-state index contributed by atoms with van der Waals surface area (Å²) in [6, 6.07) is 17.4. The van der Waals surface area contributed by atoms with Gasteiger partial charge in [-0.15, -0.1) is 16.4 Å². The van der Waals surface area contributed by atoms with Crippen LogP contribution in [0, 0.1) is 6.92 Å². The molecule has 0 spiro atoms. The van der Waals surface area contributed by atoms with Crippen molar-refractivity contribution in [1.29, 1.82) is 0 Å². The molecule has 2 aromatic heterocycles. The maximum absolute atomic E-state index is 12.1. The Hall–Kier alpha value is -2.99. The highest BCUT2D eigenvalue weighted by Gasteiger charge is 2.12. The molecule has 4 rings (SSSR count). The van der Waals surface area contributed by atoms with Gasteiger partial charge in [-0.1, -0.05) is 48.0 Å². The van der Waals surface area contributed by atoms with E-state index in [0.29, 0.717) is 18.5 Å². The number of fused-ring (bicyclic) bond motifs is 1. The molecule has 0 unspecified atom stereocenters. The summed E-state index contributed by atoms with van der Waals surface area (Å²) in [5, 5.41) is 9.63. The maximum atomic E-state index is 12.1. The molecule has 5 nitrogen and oxygen atoms in total. The van der Waals surface area contributed by atoms with Crippen LogP contribution in [0.1, 0.15) is 21.6 Å². The second kappa shape index (κ2) is 7.09. The summed E-state index contributed by atoms with van der Waals surface area (Å²) >= 11 is 1.56. The monoisotopic (exact) mass is 362 g/mol. The summed E-state index contributed by atoms with van der Waals surface area (Å²) in [5.41, 5.74) is 3.94. The van der Waals surface area contributed by atoms with E-state index in [-0.39, 0.29) is 5.91 Å². The van der Waals surface area contributed by atoms with Crippen molar-refractivity contribution in [3.05, 3.63) is 76.8 Å². The molecule has 0 atom stereocenters. The van der Waals surface area contributed by atoms with Gasteiger partial charge in [-0.05, 0) is 19.1 Å². The van der Waals surface area contributed by atoms with E-state index in [1.807, 2.05) is 52.4 Å². The van der Waals surface area contributed by atoms with E-state index in [0.717, 1.165) is 22.0 Å². The van der Waals surface area contributed by atoms with Crippen LogP contribution in [-0.2, 0) is 6.42 Å². The molecule has 0 aliphatic carbocycles. The zero-order chi connectivity index (χ0) is 17.9. The molecule has 1 amide bonds. The molecule has 26 heavy (non-hydrogen) atoms. The third kappa shape index (κ3) is 3.36. The van der Waals surface area contributed by atoms with Crippen molar-refractivity contribution in [2.75, 3.05) is 6.54 Å². The maximum Gasteiger partial charge on any atom is 0.251 e. The second-order valence-corrected chi connectivity index (χ2v) is 6.93. The molecule has 2 heterocycles. The first-order chi connectivity index (χ1) is 12.7. The number of nitrogens with zero attached hydrogens (tertiary/aromatic N) is 3. The van der Waals surface area contributed by atoms with Crippen molar-refractivity contribution in [2.45, 2.75) is 13.3 Å². The molecule has 130 valence electrons. The molecule has 6 heteroatoms. The fourth-order valence-electron chi connectivity index (χ4n) is 2.72. The van der Waals surface area contributed by atoms with Crippen molar-refractivity contribution >= 4 is 22.2 Å². The van der Waals surface area contributed by atoms with Gasteiger partial charge >= 0.3 is 0 Å². The van der Waals surface area contributed by atoms with Crippen LogP contribution in [0.3, 0.4) is 0 Å². The summed E-state index contributed by atoms with van der Waals surface area (Å²) in [4.78, 5) is 17.6. The van der Waals surface area contributed by atoms with E-state index in [9.17, 15) is 4.79 Å². The minimum absolute atomic E-state index is 0.0593. The molecule has 0 bridgehead atoms. The van der Waals surface area contributed by atoms with Crippen molar-refractivity contribution in [2.24, 2.45) is 0 Å². The number of rotatable bonds is 5. The Morgan fingerprint density at radius 3 is 2.65 bits per heavy atom. The molecule has 2 aromatic carbocycles. The average Bonchev–Trinajstić information content (AvgIpc) is 3.25. The number of hydrogen-bond donors (Lipinski definition) is 1. The van der Waals surface area contributed by atoms with E-state index in [1.54, 1.807) is 11.3 Å².